The van der Waals surface area contributed by atoms with Gasteiger partial charge in [0.1, 0.15) is 12.3 Å². The van der Waals surface area contributed by atoms with Gasteiger partial charge in [0.25, 0.3) is 0 Å². The lowest BCUT2D eigenvalue weighted by molar-refractivity contribution is -0.144. The van der Waals surface area contributed by atoms with Crippen molar-refractivity contribution in [1.29, 1.82) is 0 Å². The third-order valence-electron chi connectivity index (χ3n) is 2.86. The average molecular weight is 357 g/mol. The van der Waals surface area contributed by atoms with Gasteiger partial charge in [-0.3, -0.25) is 4.68 Å². The number of oxime groups is 1. The lowest BCUT2D eigenvalue weighted by atomic mass is 10.2. The average Bonchev–Trinajstić information content (AvgIpc) is 2.82. The molecule has 0 atom stereocenters. The van der Waals surface area contributed by atoms with Gasteiger partial charge in [0.15, 0.2) is 5.84 Å². The summed E-state index contributed by atoms with van der Waals surface area (Å²) in [6, 6.07) is 4.84. The first-order valence-electron chi connectivity index (χ1n) is 6.47. The van der Waals surface area contributed by atoms with Crippen LogP contribution in [0.2, 0.25) is 10.0 Å². The topological polar surface area (TPSA) is 91.7 Å². The molecule has 1 aromatic carbocycles. The fourth-order valence-electron chi connectivity index (χ4n) is 1.77. The summed E-state index contributed by atoms with van der Waals surface area (Å²) >= 11 is 11.8. The Kier molecular flexibility index (Phi) is 5.46. The maximum Gasteiger partial charge on any atom is 0.356 e. The molecule has 7 nitrogen and oxygen atoms in total. The molecular formula is C14H14Cl2N4O3. The minimum atomic E-state index is -0.645. The first-order chi connectivity index (χ1) is 10.9. The summed E-state index contributed by atoms with van der Waals surface area (Å²) in [6.45, 7) is 1.59. The Morgan fingerprint density at radius 1 is 1.43 bits per heavy atom. The SMILES string of the molecule is COc1ccc(Cl)cc1/C(N)=N/OC(=O)Cn1cc(Cl)c(C)n1. The predicted octanol–water partition coefficient (Wildman–Crippen LogP) is 2.37. The van der Waals surface area contributed by atoms with E-state index in [-0.39, 0.29) is 12.4 Å². The van der Waals surface area contributed by atoms with Crippen LogP contribution in [0.4, 0.5) is 0 Å². The van der Waals surface area contributed by atoms with Gasteiger partial charge >= 0.3 is 5.97 Å². The van der Waals surface area contributed by atoms with Gasteiger partial charge < -0.3 is 15.3 Å². The van der Waals surface area contributed by atoms with Crippen molar-refractivity contribution in [2.45, 2.75) is 13.5 Å². The lowest BCUT2D eigenvalue weighted by Crippen LogP contribution is -2.18. The number of carbonyl (C=O) groups is 1. The zero-order valence-electron chi connectivity index (χ0n) is 12.4. The Labute approximate surface area is 142 Å². The number of benzene rings is 1. The van der Waals surface area contributed by atoms with Crippen LogP contribution >= 0.6 is 23.2 Å². The molecule has 0 amide bonds. The van der Waals surface area contributed by atoms with Crippen molar-refractivity contribution >= 4 is 35.0 Å². The maximum absolute atomic E-state index is 11.7. The largest absolute Gasteiger partial charge is 0.496 e. The van der Waals surface area contributed by atoms with E-state index < -0.39 is 5.97 Å². The van der Waals surface area contributed by atoms with Crippen molar-refractivity contribution in [2.75, 3.05) is 7.11 Å². The molecule has 0 bridgehead atoms. The highest BCUT2D eigenvalue weighted by atomic mass is 35.5. The Morgan fingerprint density at radius 2 is 2.17 bits per heavy atom. The first kappa shape index (κ1) is 17.1. The fraction of sp³-hybridized carbons (Fsp3) is 0.214. The van der Waals surface area contributed by atoms with E-state index in [2.05, 4.69) is 10.3 Å². The highest BCUT2D eigenvalue weighted by Gasteiger charge is 2.11. The van der Waals surface area contributed by atoms with E-state index in [1.54, 1.807) is 25.1 Å². The minimum absolute atomic E-state index is 0.0348. The molecule has 0 aliphatic rings. The van der Waals surface area contributed by atoms with Gasteiger partial charge in [0, 0.05) is 11.2 Å². The number of aromatic nitrogens is 2. The monoisotopic (exact) mass is 356 g/mol. The molecule has 0 aliphatic heterocycles. The van der Waals surface area contributed by atoms with Crippen LogP contribution in [-0.2, 0) is 16.2 Å². The van der Waals surface area contributed by atoms with Gasteiger partial charge in [0.2, 0.25) is 0 Å². The Bertz CT molecular complexity index is 739. The normalized spacial score (nSPS) is 11.4. The van der Waals surface area contributed by atoms with Crippen LogP contribution in [0.3, 0.4) is 0 Å². The molecule has 1 aromatic heterocycles. The number of hydrogen-bond acceptors (Lipinski definition) is 5. The molecule has 1 heterocycles. The molecule has 2 N–H and O–H groups in total. The number of carbonyl (C=O) groups excluding carboxylic acids is 1. The Hall–Kier alpha value is -2.25. The molecule has 9 heteroatoms. The van der Waals surface area contributed by atoms with Crippen LogP contribution in [0.1, 0.15) is 11.3 Å². The minimum Gasteiger partial charge on any atom is -0.496 e. The van der Waals surface area contributed by atoms with E-state index in [9.17, 15) is 4.79 Å². The van der Waals surface area contributed by atoms with E-state index in [4.69, 9.17) is 38.5 Å². The quantitative estimate of drug-likeness (QED) is 0.384. The van der Waals surface area contributed by atoms with Gasteiger partial charge in [-0.1, -0.05) is 28.4 Å². The molecule has 2 aromatic rings. The van der Waals surface area contributed by atoms with E-state index in [1.165, 1.54) is 18.0 Å². The van der Waals surface area contributed by atoms with E-state index in [0.717, 1.165) is 0 Å². The van der Waals surface area contributed by atoms with Crippen LogP contribution < -0.4 is 10.5 Å². The third kappa shape index (κ3) is 4.37. The van der Waals surface area contributed by atoms with Crippen LogP contribution in [0.5, 0.6) is 5.75 Å². The highest BCUT2D eigenvalue weighted by Crippen LogP contribution is 2.22. The zero-order valence-corrected chi connectivity index (χ0v) is 13.9. The van der Waals surface area contributed by atoms with Gasteiger partial charge in [-0.25, -0.2) is 4.79 Å². The molecule has 0 spiro atoms. The second kappa shape index (κ2) is 7.34. The number of halogens is 2. The molecule has 23 heavy (non-hydrogen) atoms. The van der Waals surface area contributed by atoms with Gasteiger partial charge in [0.05, 0.1) is 23.4 Å². The number of hydrogen-bond donors (Lipinski definition) is 1. The summed E-state index contributed by atoms with van der Waals surface area (Å²) in [5.41, 5.74) is 6.84. The molecule has 0 fully saturated rings. The Balaban J connectivity index is 2.07. The van der Waals surface area contributed by atoms with Crippen molar-refractivity contribution in [2.24, 2.45) is 10.9 Å². The van der Waals surface area contributed by atoms with Crippen LogP contribution in [0.25, 0.3) is 0 Å². The van der Waals surface area contributed by atoms with Crippen LogP contribution in [-0.4, -0.2) is 28.7 Å². The summed E-state index contributed by atoms with van der Waals surface area (Å²) in [5, 5.41) is 8.56. The molecule has 0 saturated heterocycles. The third-order valence-corrected chi connectivity index (χ3v) is 3.47. The number of amidine groups is 1. The summed E-state index contributed by atoms with van der Waals surface area (Å²) in [5.74, 6) is -0.221. The number of aryl methyl sites for hydroxylation is 1. The maximum atomic E-state index is 11.7. The molecular weight excluding hydrogens is 343 g/mol. The van der Waals surface area contributed by atoms with Crippen LogP contribution in [0, 0.1) is 6.92 Å². The highest BCUT2D eigenvalue weighted by molar-refractivity contribution is 6.31. The van der Waals surface area contributed by atoms with Gasteiger partial charge in [-0.05, 0) is 25.1 Å². The predicted molar refractivity (Wildman–Crippen MR) is 86.8 cm³/mol. The van der Waals surface area contributed by atoms with Crippen molar-refractivity contribution in [3.8, 4) is 5.75 Å². The first-order valence-corrected chi connectivity index (χ1v) is 7.23. The summed E-state index contributed by atoms with van der Waals surface area (Å²) in [7, 11) is 1.48. The molecule has 122 valence electrons. The summed E-state index contributed by atoms with van der Waals surface area (Å²) in [6.07, 6.45) is 1.52. The van der Waals surface area contributed by atoms with E-state index in [1.807, 2.05) is 0 Å². The van der Waals surface area contributed by atoms with Crippen LogP contribution in [0.15, 0.2) is 29.6 Å². The number of ether oxygens (including phenoxy) is 1. The second-order valence-corrected chi connectivity index (χ2v) is 5.39. The van der Waals surface area contributed by atoms with Crippen molar-refractivity contribution in [3.63, 3.8) is 0 Å². The second-order valence-electron chi connectivity index (χ2n) is 4.54. The van der Waals surface area contributed by atoms with E-state index >= 15 is 0 Å². The molecule has 0 aliphatic carbocycles. The fourth-order valence-corrected chi connectivity index (χ4v) is 2.09. The van der Waals surface area contributed by atoms with E-state index in [0.29, 0.717) is 27.1 Å². The molecule has 2 rings (SSSR count). The number of methoxy groups -OCH3 is 1. The lowest BCUT2D eigenvalue weighted by Gasteiger charge is -2.07. The zero-order chi connectivity index (χ0) is 17.0. The Morgan fingerprint density at radius 3 is 2.78 bits per heavy atom. The molecule has 0 saturated carbocycles. The summed E-state index contributed by atoms with van der Waals surface area (Å²) in [4.78, 5) is 16.5. The number of nitrogens with zero attached hydrogens (tertiary/aromatic N) is 3. The standard InChI is InChI=1S/C14H14Cl2N4O3/c1-8-11(16)6-20(18-8)7-13(21)23-19-14(17)10-5-9(15)3-4-12(10)22-2/h3-6H,7H2,1-2H3,(H2,17,19). The van der Waals surface area contributed by atoms with Crippen molar-refractivity contribution < 1.29 is 14.4 Å². The molecule has 0 radical (unpaired) electrons. The summed E-state index contributed by atoms with van der Waals surface area (Å²) < 4.78 is 6.50. The molecule has 0 unspecified atom stereocenters. The number of rotatable bonds is 5. The van der Waals surface area contributed by atoms with Crippen molar-refractivity contribution in [3.05, 3.63) is 45.7 Å². The smallest absolute Gasteiger partial charge is 0.356 e. The van der Waals surface area contributed by atoms with Crippen molar-refractivity contribution in [1.82, 2.24) is 9.78 Å². The van der Waals surface area contributed by atoms with Gasteiger partial charge in [-0.15, -0.1) is 0 Å². The van der Waals surface area contributed by atoms with Gasteiger partial charge in [-0.2, -0.15) is 5.10 Å². The number of nitrogens with two attached hydrogens (primary N) is 1.